The summed E-state index contributed by atoms with van der Waals surface area (Å²) in [5.41, 5.74) is -0.623. The molecule has 0 heterocycles. The first-order chi connectivity index (χ1) is 14.7. The van der Waals surface area contributed by atoms with Crippen molar-refractivity contribution >= 4 is 38.9 Å². The van der Waals surface area contributed by atoms with E-state index >= 15 is 0 Å². The van der Waals surface area contributed by atoms with E-state index in [1.165, 1.54) is 6.07 Å². The highest BCUT2D eigenvalue weighted by atomic mass is 35.5. The van der Waals surface area contributed by atoms with Crippen LogP contribution in [0.25, 0.3) is 0 Å². The molecule has 0 unspecified atom stereocenters. The summed E-state index contributed by atoms with van der Waals surface area (Å²) in [5.74, 6) is 2.20. The van der Waals surface area contributed by atoms with E-state index in [9.17, 15) is 13.2 Å². The minimum absolute atomic E-state index is 0.0651. The molecule has 0 aliphatic heterocycles. The van der Waals surface area contributed by atoms with E-state index in [1.807, 2.05) is 0 Å². The minimum Gasteiger partial charge on any atom is -0.490 e. The summed E-state index contributed by atoms with van der Waals surface area (Å²) in [7, 11) is -3.75. The van der Waals surface area contributed by atoms with Gasteiger partial charge in [-0.1, -0.05) is 41.3 Å². The van der Waals surface area contributed by atoms with Crippen LogP contribution in [0.3, 0.4) is 0 Å². The summed E-state index contributed by atoms with van der Waals surface area (Å²) < 4.78 is 32.7. The molecular weight excluding hydrogens is 457 g/mol. The zero-order valence-electron chi connectivity index (χ0n) is 16.6. The second-order valence-electron chi connectivity index (χ2n) is 8.00. The monoisotopic (exact) mass is 477 g/mol. The van der Waals surface area contributed by atoms with E-state index in [2.05, 4.69) is 11.2 Å². The smallest absolute Gasteiger partial charge is 0.228 e. The molecule has 1 N–H and O–H groups in total. The van der Waals surface area contributed by atoms with Crippen molar-refractivity contribution < 1.29 is 17.9 Å². The minimum atomic E-state index is -3.75. The molecule has 2 aromatic carbocycles. The van der Waals surface area contributed by atoms with Gasteiger partial charge in [-0.05, 0) is 55.7 Å². The molecule has 31 heavy (non-hydrogen) atoms. The van der Waals surface area contributed by atoms with Crippen molar-refractivity contribution in [2.45, 2.75) is 47.5 Å². The standard InChI is InChI=1S/C23H21Cl2NO4S/c1-2-23(11-12-23)26-22(27)18-13-17(31(28,29)21-6-4-3-5-19(21)25)14-20(18)30-16-9-7-15(24)8-10-16/h1,3-10,17-18,20H,11-14H2,(H,26,27)/t17-,18-,20-/m1/s1. The van der Waals surface area contributed by atoms with Gasteiger partial charge in [0.1, 0.15) is 17.4 Å². The second-order valence-corrected chi connectivity index (χ2v) is 11.0. The Morgan fingerprint density at radius 3 is 2.39 bits per heavy atom. The van der Waals surface area contributed by atoms with Crippen LogP contribution in [0.4, 0.5) is 0 Å². The van der Waals surface area contributed by atoms with Gasteiger partial charge in [-0.25, -0.2) is 8.42 Å². The molecule has 2 aliphatic rings. The van der Waals surface area contributed by atoms with Crippen molar-refractivity contribution in [1.29, 1.82) is 0 Å². The van der Waals surface area contributed by atoms with Crippen LogP contribution in [0, 0.1) is 18.3 Å². The molecular formula is C23H21Cl2NO4S. The molecule has 2 saturated carbocycles. The molecule has 0 saturated heterocycles. The SMILES string of the molecule is C#CC1(NC(=O)[C@@H]2C[C@@H](S(=O)(=O)c3ccccc3Cl)C[C@H]2Oc2ccc(Cl)cc2)CC1. The number of rotatable bonds is 6. The van der Waals surface area contributed by atoms with E-state index in [0.717, 1.165) is 0 Å². The predicted molar refractivity (Wildman–Crippen MR) is 120 cm³/mol. The predicted octanol–water partition coefficient (Wildman–Crippen LogP) is 4.28. The molecule has 5 nitrogen and oxygen atoms in total. The van der Waals surface area contributed by atoms with Gasteiger partial charge in [0.25, 0.3) is 0 Å². The number of hydrogen-bond donors (Lipinski definition) is 1. The molecule has 1 amide bonds. The van der Waals surface area contributed by atoms with Crippen LogP contribution in [0.15, 0.2) is 53.4 Å². The number of sulfone groups is 1. The van der Waals surface area contributed by atoms with Gasteiger partial charge >= 0.3 is 0 Å². The van der Waals surface area contributed by atoms with Crippen molar-refractivity contribution in [3.63, 3.8) is 0 Å². The summed E-state index contributed by atoms with van der Waals surface area (Å²) in [5, 5.41) is 2.82. The van der Waals surface area contributed by atoms with Gasteiger partial charge in [-0.2, -0.15) is 0 Å². The fourth-order valence-electron chi connectivity index (χ4n) is 3.92. The summed E-state index contributed by atoms with van der Waals surface area (Å²) in [6.07, 6.45) is 6.65. The first-order valence-electron chi connectivity index (χ1n) is 9.94. The van der Waals surface area contributed by atoms with Crippen LogP contribution in [0.5, 0.6) is 5.75 Å². The van der Waals surface area contributed by atoms with Gasteiger partial charge < -0.3 is 10.1 Å². The van der Waals surface area contributed by atoms with Gasteiger partial charge in [-0.3, -0.25) is 4.79 Å². The largest absolute Gasteiger partial charge is 0.490 e. The summed E-state index contributed by atoms with van der Waals surface area (Å²) in [6.45, 7) is 0. The van der Waals surface area contributed by atoms with Gasteiger partial charge in [0.15, 0.2) is 9.84 Å². The number of carbonyl (C=O) groups excluding carboxylic acids is 1. The molecule has 0 bridgehead atoms. The molecule has 162 valence electrons. The van der Waals surface area contributed by atoms with E-state index in [-0.39, 0.29) is 28.7 Å². The number of ether oxygens (including phenoxy) is 1. The Labute approximate surface area is 192 Å². The van der Waals surface area contributed by atoms with Crippen LogP contribution < -0.4 is 10.1 Å². The molecule has 8 heteroatoms. The summed E-state index contributed by atoms with van der Waals surface area (Å²) in [6, 6.07) is 13.1. The molecule has 0 spiro atoms. The lowest BCUT2D eigenvalue weighted by Gasteiger charge is -2.22. The average molecular weight is 478 g/mol. The molecule has 0 radical (unpaired) electrons. The fraction of sp³-hybridized carbons (Fsp3) is 0.348. The Hall–Kier alpha value is -2.20. The Balaban J connectivity index is 1.61. The van der Waals surface area contributed by atoms with Crippen molar-refractivity contribution in [3.05, 3.63) is 58.6 Å². The van der Waals surface area contributed by atoms with Crippen LogP contribution in [-0.4, -0.2) is 31.2 Å². The molecule has 2 aromatic rings. The zero-order valence-corrected chi connectivity index (χ0v) is 18.9. The van der Waals surface area contributed by atoms with Crippen LogP contribution >= 0.6 is 23.2 Å². The number of nitrogens with one attached hydrogen (secondary N) is 1. The number of benzene rings is 2. The number of carbonyl (C=O) groups is 1. The van der Waals surface area contributed by atoms with Crippen molar-refractivity contribution in [2.24, 2.45) is 5.92 Å². The zero-order chi connectivity index (χ0) is 22.2. The third kappa shape index (κ3) is 4.55. The fourth-order valence-corrected chi connectivity index (χ4v) is 6.37. The molecule has 2 aliphatic carbocycles. The van der Waals surface area contributed by atoms with Gasteiger partial charge in [-0.15, -0.1) is 6.42 Å². The van der Waals surface area contributed by atoms with E-state index in [0.29, 0.717) is 23.6 Å². The number of hydrogen-bond acceptors (Lipinski definition) is 4. The second kappa shape index (κ2) is 8.38. The lowest BCUT2D eigenvalue weighted by Crippen LogP contribution is -2.43. The lowest BCUT2D eigenvalue weighted by atomic mass is 10.0. The summed E-state index contributed by atoms with van der Waals surface area (Å²) >= 11 is 12.1. The lowest BCUT2D eigenvalue weighted by molar-refractivity contribution is -0.127. The Kier molecular flexibility index (Phi) is 5.95. The highest BCUT2D eigenvalue weighted by molar-refractivity contribution is 7.92. The Morgan fingerprint density at radius 1 is 1.10 bits per heavy atom. The molecule has 2 fully saturated rings. The van der Waals surface area contributed by atoms with Gasteiger partial charge in [0.2, 0.25) is 5.91 Å². The van der Waals surface area contributed by atoms with Gasteiger partial charge in [0.05, 0.1) is 21.1 Å². The molecule has 0 aromatic heterocycles. The van der Waals surface area contributed by atoms with Gasteiger partial charge in [0, 0.05) is 11.4 Å². The normalized spacial score (nSPS) is 24.2. The summed E-state index contributed by atoms with van der Waals surface area (Å²) in [4.78, 5) is 13.1. The molecule has 4 rings (SSSR count). The van der Waals surface area contributed by atoms with Crippen LogP contribution in [0.1, 0.15) is 25.7 Å². The third-order valence-electron chi connectivity index (χ3n) is 5.87. The number of amides is 1. The van der Waals surface area contributed by atoms with E-state index in [1.54, 1.807) is 42.5 Å². The Bertz CT molecular complexity index is 1140. The quantitative estimate of drug-likeness (QED) is 0.630. The van der Waals surface area contributed by atoms with Crippen LogP contribution in [0.2, 0.25) is 10.0 Å². The van der Waals surface area contributed by atoms with E-state index < -0.39 is 32.6 Å². The van der Waals surface area contributed by atoms with Crippen molar-refractivity contribution in [2.75, 3.05) is 0 Å². The average Bonchev–Trinajstić information content (AvgIpc) is 3.38. The third-order valence-corrected chi connectivity index (χ3v) is 8.79. The van der Waals surface area contributed by atoms with Crippen molar-refractivity contribution in [1.82, 2.24) is 5.32 Å². The highest BCUT2D eigenvalue weighted by Gasteiger charge is 2.50. The number of terminal acetylenes is 1. The first kappa shape index (κ1) is 22.0. The topological polar surface area (TPSA) is 72.5 Å². The van der Waals surface area contributed by atoms with Crippen molar-refractivity contribution in [3.8, 4) is 18.1 Å². The first-order valence-corrected chi connectivity index (χ1v) is 12.2. The van der Waals surface area contributed by atoms with E-state index in [4.69, 9.17) is 34.4 Å². The van der Waals surface area contributed by atoms with Crippen LogP contribution in [-0.2, 0) is 14.6 Å². The highest BCUT2D eigenvalue weighted by Crippen LogP contribution is 2.40. The maximum Gasteiger partial charge on any atom is 0.228 e. The molecule has 3 atom stereocenters. The Morgan fingerprint density at radius 2 is 1.77 bits per heavy atom. The maximum atomic E-state index is 13.3. The maximum absolute atomic E-state index is 13.3. The number of halogens is 2.